The molecule has 1 aliphatic heterocycles. The first-order valence-electron chi connectivity index (χ1n) is 10.3. The number of nitrogens with zero attached hydrogens (tertiary/aromatic N) is 2. The van der Waals surface area contributed by atoms with Crippen LogP contribution in [0.4, 0.5) is 0 Å². The second-order valence-corrected chi connectivity index (χ2v) is 10.7. The predicted molar refractivity (Wildman–Crippen MR) is 115 cm³/mol. The highest BCUT2D eigenvalue weighted by atomic mass is 35.5. The molecule has 178 valence electrons. The van der Waals surface area contributed by atoms with Crippen molar-refractivity contribution in [1.82, 2.24) is 4.90 Å². The number of benzene rings is 1. The summed E-state index contributed by atoms with van der Waals surface area (Å²) < 4.78 is 37.2. The lowest BCUT2D eigenvalue weighted by Crippen LogP contribution is -2.54. The number of nitrogens with two attached hydrogens (primary N) is 1. The Bertz CT molecular complexity index is 1110. The van der Waals surface area contributed by atoms with Gasteiger partial charge < -0.3 is 20.1 Å². The Morgan fingerprint density at radius 1 is 1.33 bits per heavy atom. The summed E-state index contributed by atoms with van der Waals surface area (Å²) in [5.41, 5.74) is 3.80. The summed E-state index contributed by atoms with van der Waals surface area (Å²) >= 11 is 5.95. The molecule has 1 aromatic carbocycles. The first-order valence-corrected chi connectivity index (χ1v) is 12.2. The van der Waals surface area contributed by atoms with Crippen molar-refractivity contribution in [2.45, 2.75) is 29.9 Å². The van der Waals surface area contributed by atoms with Gasteiger partial charge in [0.05, 0.1) is 29.3 Å². The number of nitriles is 1. The van der Waals surface area contributed by atoms with E-state index in [4.69, 9.17) is 32.1 Å². The molecule has 2 fully saturated rings. The van der Waals surface area contributed by atoms with Crippen molar-refractivity contribution in [1.29, 1.82) is 5.26 Å². The maximum absolute atomic E-state index is 13.5. The molecular weight excluding hydrogens is 474 g/mol. The topological polar surface area (TPSA) is 157 Å². The summed E-state index contributed by atoms with van der Waals surface area (Å²) in [5, 5.41) is 7.90. The number of carbonyl (C=O) groups is 3. The molecule has 0 radical (unpaired) electrons. The first-order chi connectivity index (χ1) is 15.6. The van der Waals surface area contributed by atoms with Gasteiger partial charge in [0, 0.05) is 18.1 Å². The molecule has 3 atom stereocenters. The molecule has 1 aliphatic carbocycles. The average Bonchev–Trinajstić information content (AvgIpc) is 3.20. The first kappa shape index (κ1) is 25.0. The molecule has 33 heavy (non-hydrogen) atoms. The summed E-state index contributed by atoms with van der Waals surface area (Å²) in [7, 11) is -4.08. The van der Waals surface area contributed by atoms with Gasteiger partial charge in [0.2, 0.25) is 11.8 Å². The van der Waals surface area contributed by atoms with E-state index in [1.807, 2.05) is 0 Å². The van der Waals surface area contributed by atoms with E-state index < -0.39 is 57.2 Å². The fraction of sp³-hybridized carbons (Fsp3) is 0.524. The van der Waals surface area contributed by atoms with Crippen LogP contribution in [-0.2, 0) is 33.7 Å². The number of rotatable bonds is 6. The van der Waals surface area contributed by atoms with Crippen molar-refractivity contribution in [2.75, 3.05) is 32.9 Å². The number of hydrogen-bond donors (Lipinski definition) is 1. The molecule has 1 heterocycles. The second-order valence-electron chi connectivity index (χ2n) is 8.08. The number of morpholine rings is 1. The third-order valence-electron chi connectivity index (χ3n) is 6.22. The Morgan fingerprint density at radius 2 is 2.00 bits per heavy atom. The van der Waals surface area contributed by atoms with Crippen molar-refractivity contribution in [3.8, 4) is 6.07 Å². The summed E-state index contributed by atoms with van der Waals surface area (Å²) in [6, 6.07) is 5.89. The Hall–Kier alpha value is -2.68. The van der Waals surface area contributed by atoms with Crippen LogP contribution in [0.3, 0.4) is 0 Å². The smallest absolute Gasteiger partial charge is 0.323 e. The minimum absolute atomic E-state index is 0.0138. The van der Waals surface area contributed by atoms with E-state index in [0.717, 1.165) is 0 Å². The summed E-state index contributed by atoms with van der Waals surface area (Å²) in [4.78, 5) is 40.5. The number of amides is 2. The van der Waals surface area contributed by atoms with E-state index in [9.17, 15) is 22.8 Å². The molecule has 0 spiro atoms. The van der Waals surface area contributed by atoms with Crippen molar-refractivity contribution in [3.63, 3.8) is 0 Å². The number of hydrogen-bond acceptors (Lipinski definition) is 8. The van der Waals surface area contributed by atoms with Crippen LogP contribution in [0.15, 0.2) is 23.1 Å². The fourth-order valence-corrected chi connectivity index (χ4v) is 6.82. The highest BCUT2D eigenvalue weighted by molar-refractivity contribution is 7.92. The van der Waals surface area contributed by atoms with Crippen LogP contribution in [0.25, 0.3) is 0 Å². The summed E-state index contributed by atoms with van der Waals surface area (Å²) in [6.07, 6.45) is -0.830. The lowest BCUT2D eigenvalue weighted by Gasteiger charge is -2.34. The number of esters is 1. The van der Waals surface area contributed by atoms with Crippen LogP contribution in [0.1, 0.15) is 18.4 Å². The Kier molecular flexibility index (Phi) is 7.31. The molecule has 0 bridgehead atoms. The van der Waals surface area contributed by atoms with E-state index in [2.05, 4.69) is 0 Å². The van der Waals surface area contributed by atoms with E-state index >= 15 is 0 Å². The second kappa shape index (κ2) is 9.67. The van der Waals surface area contributed by atoms with Crippen molar-refractivity contribution >= 4 is 39.2 Å². The van der Waals surface area contributed by atoms with E-state index in [1.165, 1.54) is 23.1 Å². The van der Waals surface area contributed by atoms with E-state index in [0.29, 0.717) is 10.6 Å². The SMILES string of the molecule is Cc1cc(Cl)ccc1S(=O)(=O)[C@@H]1C[C@@H](C(=O)N2CCOCC2)[C@](C(N)=O)(C(=O)OCC#N)C1. The zero-order valence-corrected chi connectivity index (χ0v) is 19.5. The van der Waals surface area contributed by atoms with Gasteiger partial charge >= 0.3 is 5.97 Å². The molecule has 1 saturated heterocycles. The molecule has 12 heteroatoms. The Balaban J connectivity index is 2.07. The standard InChI is InChI=1S/C21H24ClN3O7S/c1-13-10-14(22)2-3-17(13)33(29,30)15-11-16(18(26)25-5-8-31-9-6-25)21(12-15,19(24)27)20(28)32-7-4-23/h2-3,10,15-16H,5-9,11-12H2,1H3,(H2,24,27)/t15-,16+,21-/m1/s1. The van der Waals surface area contributed by atoms with Gasteiger partial charge in [0.25, 0.3) is 0 Å². The van der Waals surface area contributed by atoms with Crippen LogP contribution < -0.4 is 5.73 Å². The van der Waals surface area contributed by atoms with Crippen LogP contribution >= 0.6 is 11.6 Å². The number of sulfone groups is 1. The quantitative estimate of drug-likeness (QED) is 0.442. The van der Waals surface area contributed by atoms with Crippen LogP contribution in [0.5, 0.6) is 0 Å². The third-order valence-corrected chi connectivity index (χ3v) is 8.76. The number of aryl methyl sites for hydroxylation is 1. The van der Waals surface area contributed by atoms with Crippen LogP contribution in [0, 0.1) is 29.6 Å². The number of halogens is 1. The van der Waals surface area contributed by atoms with Gasteiger partial charge in [-0.2, -0.15) is 5.26 Å². The van der Waals surface area contributed by atoms with Gasteiger partial charge in [-0.3, -0.25) is 14.4 Å². The molecule has 2 amide bonds. The number of carbonyl (C=O) groups excluding carboxylic acids is 3. The lowest BCUT2D eigenvalue weighted by atomic mass is 9.76. The largest absolute Gasteiger partial charge is 0.449 e. The molecule has 3 rings (SSSR count). The molecular formula is C21H24ClN3O7S. The van der Waals surface area contributed by atoms with Crippen molar-refractivity contribution in [2.24, 2.45) is 17.1 Å². The Morgan fingerprint density at radius 3 is 2.58 bits per heavy atom. The summed E-state index contributed by atoms with van der Waals surface area (Å²) in [5.74, 6) is -4.26. The molecule has 1 aromatic rings. The maximum Gasteiger partial charge on any atom is 0.323 e. The summed E-state index contributed by atoms with van der Waals surface area (Å²) in [6.45, 7) is 1.90. The van der Waals surface area contributed by atoms with Gasteiger partial charge in [-0.05, 0) is 43.5 Å². The molecule has 2 aliphatic rings. The normalized spacial score (nSPS) is 25.3. The van der Waals surface area contributed by atoms with Crippen molar-refractivity contribution < 1.29 is 32.3 Å². The molecule has 2 N–H and O–H groups in total. The lowest BCUT2D eigenvalue weighted by molar-refractivity contribution is -0.167. The third kappa shape index (κ3) is 4.55. The van der Waals surface area contributed by atoms with Gasteiger partial charge in [0.15, 0.2) is 21.9 Å². The predicted octanol–water partition coefficient (Wildman–Crippen LogP) is 0.598. The highest BCUT2D eigenvalue weighted by Crippen LogP contribution is 2.49. The maximum atomic E-state index is 13.5. The molecule has 0 aromatic heterocycles. The molecule has 0 unspecified atom stereocenters. The minimum atomic E-state index is -4.08. The van der Waals surface area contributed by atoms with Crippen LogP contribution in [-0.4, -0.2) is 69.3 Å². The fourth-order valence-electron chi connectivity index (χ4n) is 4.54. The molecule has 1 saturated carbocycles. The zero-order chi connectivity index (χ0) is 24.4. The monoisotopic (exact) mass is 497 g/mol. The van der Waals surface area contributed by atoms with E-state index in [1.54, 1.807) is 13.0 Å². The van der Waals surface area contributed by atoms with Gasteiger partial charge in [-0.25, -0.2) is 8.42 Å². The zero-order valence-electron chi connectivity index (χ0n) is 18.0. The minimum Gasteiger partial charge on any atom is -0.449 e. The average molecular weight is 498 g/mol. The molecule has 10 nitrogen and oxygen atoms in total. The van der Waals surface area contributed by atoms with Crippen LogP contribution in [0.2, 0.25) is 5.02 Å². The van der Waals surface area contributed by atoms with Gasteiger partial charge in [-0.15, -0.1) is 0 Å². The highest BCUT2D eigenvalue weighted by Gasteiger charge is 2.64. The van der Waals surface area contributed by atoms with Gasteiger partial charge in [-0.1, -0.05) is 11.6 Å². The van der Waals surface area contributed by atoms with Gasteiger partial charge in [0.1, 0.15) is 6.07 Å². The van der Waals surface area contributed by atoms with E-state index in [-0.39, 0.29) is 37.6 Å². The van der Waals surface area contributed by atoms with Crippen molar-refractivity contribution in [3.05, 3.63) is 28.8 Å². The Labute approximate surface area is 196 Å². The number of ether oxygens (including phenoxy) is 2. The number of primary amides is 1.